The van der Waals surface area contributed by atoms with Gasteiger partial charge in [-0.3, -0.25) is 0 Å². The predicted octanol–water partition coefficient (Wildman–Crippen LogP) is 1.64. The largest absolute Gasteiger partial charge is 0.466 e. The molecular formula is C16H20O5. The molecule has 0 amide bonds. The molecule has 0 aliphatic carbocycles. The van der Waals surface area contributed by atoms with Crippen molar-refractivity contribution in [2.45, 2.75) is 25.4 Å². The van der Waals surface area contributed by atoms with Crippen LogP contribution >= 0.6 is 0 Å². The molecule has 0 aliphatic rings. The molecule has 0 fully saturated rings. The Bertz CT molecular complexity index is 493. The summed E-state index contributed by atoms with van der Waals surface area (Å²) in [5, 5.41) is 10.0. The van der Waals surface area contributed by atoms with E-state index in [4.69, 9.17) is 0 Å². The number of aliphatic hydroxyl groups excluding tert-OH is 1. The number of benzene rings is 1. The van der Waals surface area contributed by atoms with Crippen molar-refractivity contribution in [3.63, 3.8) is 0 Å². The van der Waals surface area contributed by atoms with Gasteiger partial charge in [-0.05, 0) is 18.4 Å². The molecule has 114 valence electrons. The fraction of sp³-hybridized carbons (Fsp3) is 0.375. The zero-order valence-corrected chi connectivity index (χ0v) is 12.2. The first-order valence-corrected chi connectivity index (χ1v) is 6.65. The minimum atomic E-state index is -0.736. The standard InChI is InChI=1S/C16H20O5/c1-20-15(18)11-13(16(19)21-2)10-14(17)9-8-12-6-4-3-5-7-12/h3-7,11,14,17H,8-10H2,1-2H3/b13-11-. The lowest BCUT2D eigenvalue weighted by Gasteiger charge is -2.12. The fourth-order valence-corrected chi connectivity index (χ4v) is 1.87. The molecule has 1 aromatic carbocycles. The second-order valence-corrected chi connectivity index (χ2v) is 4.57. The highest BCUT2D eigenvalue weighted by Crippen LogP contribution is 2.13. The van der Waals surface area contributed by atoms with Crippen LogP contribution in [0.3, 0.4) is 0 Å². The molecule has 1 N–H and O–H groups in total. The highest BCUT2D eigenvalue weighted by atomic mass is 16.5. The third-order valence-corrected chi connectivity index (χ3v) is 3.01. The molecule has 1 aromatic rings. The smallest absolute Gasteiger partial charge is 0.334 e. The summed E-state index contributed by atoms with van der Waals surface area (Å²) in [4.78, 5) is 22.8. The maximum atomic E-state index is 11.6. The zero-order chi connectivity index (χ0) is 15.7. The molecule has 0 aromatic heterocycles. The van der Waals surface area contributed by atoms with Crippen molar-refractivity contribution in [3.05, 3.63) is 47.5 Å². The number of hydrogen-bond donors (Lipinski definition) is 1. The molecule has 0 saturated heterocycles. The second kappa shape index (κ2) is 8.92. The lowest BCUT2D eigenvalue weighted by molar-refractivity contribution is -0.138. The average molecular weight is 292 g/mol. The summed E-state index contributed by atoms with van der Waals surface area (Å²) in [5.41, 5.74) is 1.21. The minimum Gasteiger partial charge on any atom is -0.466 e. The number of aliphatic hydroxyl groups is 1. The average Bonchev–Trinajstić information content (AvgIpc) is 2.52. The van der Waals surface area contributed by atoms with Crippen molar-refractivity contribution in [1.29, 1.82) is 0 Å². The van der Waals surface area contributed by atoms with Crippen molar-refractivity contribution in [1.82, 2.24) is 0 Å². The fourth-order valence-electron chi connectivity index (χ4n) is 1.87. The van der Waals surface area contributed by atoms with E-state index in [2.05, 4.69) is 9.47 Å². The first kappa shape index (κ1) is 16.9. The molecule has 1 atom stereocenters. The van der Waals surface area contributed by atoms with Crippen LogP contribution in [0.4, 0.5) is 0 Å². The van der Waals surface area contributed by atoms with Crippen LogP contribution < -0.4 is 0 Å². The Morgan fingerprint density at radius 3 is 2.43 bits per heavy atom. The number of aryl methyl sites for hydroxylation is 1. The van der Waals surface area contributed by atoms with E-state index in [1.807, 2.05) is 30.3 Å². The van der Waals surface area contributed by atoms with E-state index in [1.165, 1.54) is 14.2 Å². The van der Waals surface area contributed by atoms with E-state index >= 15 is 0 Å². The van der Waals surface area contributed by atoms with Gasteiger partial charge in [0.05, 0.1) is 20.3 Å². The molecule has 0 saturated carbocycles. The van der Waals surface area contributed by atoms with E-state index in [0.29, 0.717) is 12.8 Å². The van der Waals surface area contributed by atoms with Gasteiger partial charge in [-0.1, -0.05) is 30.3 Å². The van der Waals surface area contributed by atoms with Gasteiger partial charge in [-0.2, -0.15) is 0 Å². The van der Waals surface area contributed by atoms with Gasteiger partial charge in [0.1, 0.15) is 0 Å². The van der Waals surface area contributed by atoms with Crippen LogP contribution in [0.25, 0.3) is 0 Å². The Morgan fingerprint density at radius 2 is 1.86 bits per heavy atom. The van der Waals surface area contributed by atoms with Crippen molar-refractivity contribution in [2.75, 3.05) is 14.2 Å². The van der Waals surface area contributed by atoms with Gasteiger partial charge < -0.3 is 14.6 Å². The Labute approximate surface area is 124 Å². The van der Waals surface area contributed by atoms with E-state index < -0.39 is 18.0 Å². The third-order valence-electron chi connectivity index (χ3n) is 3.01. The Morgan fingerprint density at radius 1 is 1.19 bits per heavy atom. The van der Waals surface area contributed by atoms with Gasteiger partial charge in [0.15, 0.2) is 0 Å². The van der Waals surface area contributed by atoms with Crippen LogP contribution in [-0.2, 0) is 25.5 Å². The topological polar surface area (TPSA) is 72.8 Å². The van der Waals surface area contributed by atoms with Crippen molar-refractivity contribution < 1.29 is 24.2 Å². The summed E-state index contributed by atoms with van der Waals surface area (Å²) in [6.07, 6.45) is 1.54. The number of carbonyl (C=O) groups is 2. The van der Waals surface area contributed by atoms with Crippen LogP contribution in [0, 0.1) is 0 Å². The molecule has 5 heteroatoms. The van der Waals surface area contributed by atoms with E-state index in [0.717, 1.165) is 11.6 Å². The summed E-state index contributed by atoms with van der Waals surface area (Å²) >= 11 is 0. The van der Waals surface area contributed by atoms with E-state index in [-0.39, 0.29) is 12.0 Å². The van der Waals surface area contributed by atoms with Gasteiger partial charge in [0, 0.05) is 18.1 Å². The number of methoxy groups -OCH3 is 2. The van der Waals surface area contributed by atoms with Gasteiger partial charge in [-0.15, -0.1) is 0 Å². The first-order valence-electron chi connectivity index (χ1n) is 6.65. The number of hydrogen-bond acceptors (Lipinski definition) is 5. The van der Waals surface area contributed by atoms with Gasteiger partial charge in [-0.25, -0.2) is 9.59 Å². The second-order valence-electron chi connectivity index (χ2n) is 4.57. The molecule has 5 nitrogen and oxygen atoms in total. The summed E-state index contributed by atoms with van der Waals surface area (Å²) in [5.74, 6) is -1.29. The first-order chi connectivity index (χ1) is 10.1. The van der Waals surface area contributed by atoms with E-state index in [1.54, 1.807) is 0 Å². The normalized spacial score (nSPS) is 12.6. The van der Waals surface area contributed by atoms with Crippen LogP contribution in [0.1, 0.15) is 18.4 Å². The summed E-state index contributed by atoms with van der Waals surface area (Å²) in [6.45, 7) is 0. The van der Waals surface area contributed by atoms with Crippen LogP contribution in [0.2, 0.25) is 0 Å². The van der Waals surface area contributed by atoms with Gasteiger partial charge in [0.25, 0.3) is 0 Å². The van der Waals surface area contributed by atoms with Crippen LogP contribution in [0.15, 0.2) is 42.0 Å². The quantitative estimate of drug-likeness (QED) is 0.611. The summed E-state index contributed by atoms with van der Waals surface area (Å²) in [6, 6.07) is 9.72. The maximum absolute atomic E-state index is 11.6. The van der Waals surface area contributed by atoms with E-state index in [9.17, 15) is 14.7 Å². The predicted molar refractivity (Wildman–Crippen MR) is 77.5 cm³/mol. The lowest BCUT2D eigenvalue weighted by Crippen LogP contribution is -2.16. The number of esters is 2. The molecule has 0 spiro atoms. The Hall–Kier alpha value is -2.14. The Kier molecular flexibility index (Phi) is 7.18. The van der Waals surface area contributed by atoms with Gasteiger partial charge >= 0.3 is 11.9 Å². The van der Waals surface area contributed by atoms with Gasteiger partial charge in [0.2, 0.25) is 0 Å². The highest BCUT2D eigenvalue weighted by Gasteiger charge is 2.17. The minimum absolute atomic E-state index is 0.0502. The molecule has 0 heterocycles. The monoisotopic (exact) mass is 292 g/mol. The van der Waals surface area contributed by atoms with Crippen LogP contribution in [-0.4, -0.2) is 37.4 Å². The maximum Gasteiger partial charge on any atom is 0.334 e. The zero-order valence-electron chi connectivity index (χ0n) is 12.2. The number of carbonyl (C=O) groups excluding carboxylic acids is 2. The SMILES string of the molecule is COC(=O)/C=C(/CC(O)CCc1ccccc1)C(=O)OC. The lowest BCUT2D eigenvalue weighted by atomic mass is 10.0. The molecule has 0 aliphatic heterocycles. The van der Waals surface area contributed by atoms with Crippen molar-refractivity contribution in [3.8, 4) is 0 Å². The summed E-state index contributed by atoms with van der Waals surface area (Å²) < 4.78 is 9.08. The molecule has 0 radical (unpaired) electrons. The molecule has 1 unspecified atom stereocenters. The highest BCUT2D eigenvalue weighted by molar-refractivity contribution is 5.96. The molecule has 1 rings (SSSR count). The third kappa shape index (κ3) is 6.23. The number of rotatable bonds is 7. The molecular weight excluding hydrogens is 272 g/mol. The number of ether oxygens (including phenoxy) is 2. The van der Waals surface area contributed by atoms with Crippen molar-refractivity contribution in [2.24, 2.45) is 0 Å². The molecule has 0 bridgehead atoms. The molecule has 21 heavy (non-hydrogen) atoms. The van der Waals surface area contributed by atoms with Crippen molar-refractivity contribution >= 4 is 11.9 Å². The Balaban J connectivity index is 2.59. The van der Waals surface area contributed by atoms with Crippen LogP contribution in [0.5, 0.6) is 0 Å². The summed E-state index contributed by atoms with van der Waals surface area (Å²) in [7, 11) is 2.45.